The Morgan fingerprint density at radius 3 is 2.70 bits per heavy atom. The predicted molar refractivity (Wildman–Crippen MR) is 80.4 cm³/mol. The van der Waals surface area contributed by atoms with E-state index in [-0.39, 0.29) is 0 Å². The van der Waals surface area contributed by atoms with Crippen molar-refractivity contribution >= 4 is 23.2 Å². The molecule has 106 valence electrons. The van der Waals surface area contributed by atoms with E-state index in [2.05, 4.69) is 4.98 Å². The highest BCUT2D eigenvalue weighted by atomic mass is 35.5. The van der Waals surface area contributed by atoms with Gasteiger partial charge in [-0.1, -0.05) is 36.2 Å². The van der Waals surface area contributed by atoms with Crippen molar-refractivity contribution in [1.29, 1.82) is 0 Å². The lowest BCUT2D eigenvalue weighted by atomic mass is 10.0. The smallest absolute Gasteiger partial charge is 0.138 e. The van der Waals surface area contributed by atoms with Crippen molar-refractivity contribution in [2.75, 3.05) is 0 Å². The summed E-state index contributed by atoms with van der Waals surface area (Å²) < 4.78 is 5.80. The van der Waals surface area contributed by atoms with Crippen molar-refractivity contribution < 1.29 is 9.84 Å². The van der Waals surface area contributed by atoms with Crippen LogP contribution in [0.4, 0.5) is 0 Å². The lowest BCUT2D eigenvalue weighted by Crippen LogP contribution is -2.24. The fourth-order valence-corrected chi connectivity index (χ4v) is 2.32. The Bertz CT molecular complexity index is 563. The van der Waals surface area contributed by atoms with E-state index in [1.54, 1.807) is 36.7 Å². The molecule has 1 aromatic carbocycles. The van der Waals surface area contributed by atoms with Crippen LogP contribution in [0.5, 0.6) is 5.75 Å². The fraction of sp³-hybridized carbons (Fsp3) is 0.267. The maximum absolute atomic E-state index is 10.4. The SMILES string of the molecule is CCC(Oc1ccc(Cl)cc1Cl)C(O)c1cccnc1. The average molecular weight is 312 g/mol. The normalized spacial score (nSPS) is 13.8. The summed E-state index contributed by atoms with van der Waals surface area (Å²) in [4.78, 5) is 4.00. The van der Waals surface area contributed by atoms with E-state index in [4.69, 9.17) is 27.9 Å². The Morgan fingerprint density at radius 1 is 1.30 bits per heavy atom. The van der Waals surface area contributed by atoms with Crippen LogP contribution in [0.1, 0.15) is 25.0 Å². The van der Waals surface area contributed by atoms with Gasteiger partial charge in [0.1, 0.15) is 18.0 Å². The zero-order valence-electron chi connectivity index (χ0n) is 11.0. The molecule has 1 aromatic heterocycles. The number of aromatic nitrogens is 1. The highest BCUT2D eigenvalue weighted by Gasteiger charge is 2.22. The van der Waals surface area contributed by atoms with Crippen LogP contribution in [-0.2, 0) is 0 Å². The Kier molecular flexibility index (Phi) is 5.24. The van der Waals surface area contributed by atoms with Crippen molar-refractivity contribution in [1.82, 2.24) is 4.98 Å². The third-order valence-corrected chi connectivity index (χ3v) is 3.48. The van der Waals surface area contributed by atoms with Gasteiger partial charge < -0.3 is 9.84 Å². The number of benzene rings is 1. The Hall–Kier alpha value is -1.29. The van der Waals surface area contributed by atoms with Crippen LogP contribution in [-0.4, -0.2) is 16.2 Å². The molecule has 0 bridgehead atoms. The van der Waals surface area contributed by atoms with Gasteiger partial charge in [0.05, 0.1) is 5.02 Å². The molecule has 2 rings (SSSR count). The first-order chi connectivity index (χ1) is 9.61. The monoisotopic (exact) mass is 311 g/mol. The second-order valence-corrected chi connectivity index (χ2v) is 5.21. The van der Waals surface area contributed by atoms with Gasteiger partial charge in [-0.2, -0.15) is 0 Å². The number of pyridine rings is 1. The van der Waals surface area contributed by atoms with Crippen molar-refractivity contribution in [3.63, 3.8) is 0 Å². The number of nitrogens with zero attached hydrogens (tertiary/aromatic N) is 1. The van der Waals surface area contributed by atoms with Crippen LogP contribution in [0.2, 0.25) is 10.0 Å². The molecule has 0 aliphatic heterocycles. The molecule has 2 aromatic rings. The van der Waals surface area contributed by atoms with Gasteiger partial charge in [0.15, 0.2) is 0 Å². The van der Waals surface area contributed by atoms with Gasteiger partial charge in [-0.25, -0.2) is 0 Å². The molecule has 2 unspecified atom stereocenters. The molecule has 0 aliphatic carbocycles. The number of aliphatic hydroxyl groups is 1. The summed E-state index contributed by atoms with van der Waals surface area (Å²) in [5.41, 5.74) is 0.712. The summed E-state index contributed by atoms with van der Waals surface area (Å²) in [7, 11) is 0. The molecule has 20 heavy (non-hydrogen) atoms. The van der Waals surface area contributed by atoms with E-state index in [9.17, 15) is 5.11 Å². The summed E-state index contributed by atoms with van der Waals surface area (Å²) in [6.07, 6.45) is 2.75. The van der Waals surface area contributed by atoms with Crippen LogP contribution in [0.15, 0.2) is 42.7 Å². The zero-order chi connectivity index (χ0) is 14.5. The molecular formula is C15H15Cl2NO2. The maximum Gasteiger partial charge on any atom is 0.138 e. The van der Waals surface area contributed by atoms with Gasteiger partial charge in [-0.15, -0.1) is 0 Å². The van der Waals surface area contributed by atoms with E-state index >= 15 is 0 Å². The Balaban J connectivity index is 2.16. The molecule has 2 atom stereocenters. The molecule has 1 N–H and O–H groups in total. The minimum absolute atomic E-state index is 0.405. The van der Waals surface area contributed by atoms with Crippen LogP contribution >= 0.6 is 23.2 Å². The molecule has 0 saturated heterocycles. The minimum atomic E-state index is -0.763. The maximum atomic E-state index is 10.4. The molecule has 0 aliphatic rings. The van der Waals surface area contributed by atoms with Gasteiger partial charge in [0.2, 0.25) is 0 Å². The highest BCUT2D eigenvalue weighted by Crippen LogP contribution is 2.31. The number of rotatable bonds is 5. The molecule has 0 radical (unpaired) electrons. The van der Waals surface area contributed by atoms with E-state index < -0.39 is 12.2 Å². The molecule has 1 heterocycles. The quantitative estimate of drug-likeness (QED) is 0.896. The fourth-order valence-electron chi connectivity index (χ4n) is 1.87. The lowest BCUT2D eigenvalue weighted by Gasteiger charge is -2.23. The molecule has 0 amide bonds. The Labute approximate surface area is 128 Å². The third kappa shape index (κ3) is 3.63. The molecule has 0 fully saturated rings. The van der Waals surface area contributed by atoms with Crippen LogP contribution in [0, 0.1) is 0 Å². The van der Waals surface area contributed by atoms with Crippen LogP contribution in [0.3, 0.4) is 0 Å². The lowest BCUT2D eigenvalue weighted by molar-refractivity contribution is 0.0330. The third-order valence-electron chi connectivity index (χ3n) is 2.95. The van der Waals surface area contributed by atoms with Crippen molar-refractivity contribution in [3.05, 3.63) is 58.3 Å². The molecular weight excluding hydrogens is 297 g/mol. The molecule has 0 saturated carbocycles. The number of halogens is 2. The van der Waals surface area contributed by atoms with Crippen molar-refractivity contribution in [3.8, 4) is 5.75 Å². The molecule has 5 heteroatoms. The first kappa shape index (κ1) is 15.1. The summed E-state index contributed by atoms with van der Waals surface area (Å²) >= 11 is 11.9. The van der Waals surface area contributed by atoms with Crippen LogP contribution in [0.25, 0.3) is 0 Å². The summed E-state index contributed by atoms with van der Waals surface area (Å²) in [5.74, 6) is 0.505. The Morgan fingerprint density at radius 2 is 2.10 bits per heavy atom. The summed E-state index contributed by atoms with van der Waals surface area (Å²) in [6, 6.07) is 8.60. The number of hydrogen-bond donors (Lipinski definition) is 1. The number of ether oxygens (including phenoxy) is 1. The predicted octanol–water partition coefficient (Wildman–Crippen LogP) is 4.28. The zero-order valence-corrected chi connectivity index (χ0v) is 12.5. The number of hydrogen-bond acceptors (Lipinski definition) is 3. The first-order valence-electron chi connectivity index (χ1n) is 6.31. The second kappa shape index (κ2) is 6.93. The summed E-state index contributed by atoms with van der Waals surface area (Å²) in [6.45, 7) is 1.94. The van der Waals surface area contributed by atoms with Crippen LogP contribution < -0.4 is 4.74 Å². The topological polar surface area (TPSA) is 42.4 Å². The standard InChI is InChI=1S/C15H15Cl2NO2/c1-2-13(15(19)10-4-3-7-18-9-10)20-14-6-5-11(16)8-12(14)17/h3-9,13,15,19H,2H2,1H3. The average Bonchev–Trinajstić information content (AvgIpc) is 2.47. The molecule has 0 spiro atoms. The minimum Gasteiger partial charge on any atom is -0.486 e. The van der Waals surface area contributed by atoms with E-state index in [1.165, 1.54) is 0 Å². The van der Waals surface area contributed by atoms with Gasteiger partial charge in [-0.3, -0.25) is 4.98 Å². The summed E-state index contributed by atoms with van der Waals surface area (Å²) in [5, 5.41) is 11.3. The van der Waals surface area contributed by atoms with Gasteiger partial charge in [-0.05, 0) is 30.7 Å². The van der Waals surface area contributed by atoms with E-state index in [0.29, 0.717) is 27.8 Å². The van der Waals surface area contributed by atoms with E-state index in [0.717, 1.165) is 0 Å². The number of aliphatic hydroxyl groups excluding tert-OH is 1. The molecule has 3 nitrogen and oxygen atoms in total. The van der Waals surface area contributed by atoms with Gasteiger partial charge >= 0.3 is 0 Å². The van der Waals surface area contributed by atoms with Crippen molar-refractivity contribution in [2.24, 2.45) is 0 Å². The van der Waals surface area contributed by atoms with Crippen molar-refractivity contribution in [2.45, 2.75) is 25.6 Å². The first-order valence-corrected chi connectivity index (χ1v) is 7.07. The largest absolute Gasteiger partial charge is 0.486 e. The van der Waals surface area contributed by atoms with Gasteiger partial charge in [0.25, 0.3) is 0 Å². The van der Waals surface area contributed by atoms with Gasteiger partial charge in [0, 0.05) is 23.0 Å². The van der Waals surface area contributed by atoms with E-state index in [1.807, 2.05) is 13.0 Å². The second-order valence-electron chi connectivity index (χ2n) is 4.37. The highest BCUT2D eigenvalue weighted by molar-refractivity contribution is 6.35.